The summed E-state index contributed by atoms with van der Waals surface area (Å²) >= 11 is 0.768. The highest BCUT2D eigenvalue weighted by molar-refractivity contribution is 7.93. The summed E-state index contributed by atoms with van der Waals surface area (Å²) in [4.78, 5) is 3.95. The number of aliphatic hydroxyl groups excluding tert-OH is 1. The Hall–Kier alpha value is -1.35. The van der Waals surface area contributed by atoms with Crippen LogP contribution in [0.25, 0.3) is 0 Å². The van der Waals surface area contributed by atoms with Crippen molar-refractivity contribution in [2.45, 2.75) is 17.4 Å². The number of aliphatic hydroxyl groups is 1. The van der Waals surface area contributed by atoms with Crippen LogP contribution in [0.15, 0.2) is 28.6 Å². The van der Waals surface area contributed by atoms with Crippen LogP contribution < -0.4 is 0 Å². The van der Waals surface area contributed by atoms with Crippen LogP contribution >= 0.6 is 11.5 Å². The third-order valence-corrected chi connectivity index (χ3v) is 5.72. The first-order valence-corrected chi connectivity index (χ1v) is 8.66. The SMILES string of the molecule is COCCS(=O)(=O)c1nc(C(O)c2ccc(C)cc2)ns1. The minimum absolute atomic E-state index is 0.0950. The topological polar surface area (TPSA) is 89.4 Å². The van der Waals surface area contributed by atoms with E-state index in [9.17, 15) is 13.5 Å². The summed E-state index contributed by atoms with van der Waals surface area (Å²) in [7, 11) is -2.08. The summed E-state index contributed by atoms with van der Waals surface area (Å²) in [6, 6.07) is 7.25. The van der Waals surface area contributed by atoms with Crippen molar-refractivity contribution in [2.75, 3.05) is 19.5 Å². The summed E-state index contributed by atoms with van der Waals surface area (Å²) in [5.41, 5.74) is 1.69. The number of hydrogen-bond donors (Lipinski definition) is 1. The molecule has 1 aromatic carbocycles. The Morgan fingerprint density at radius 3 is 2.62 bits per heavy atom. The van der Waals surface area contributed by atoms with Gasteiger partial charge in [0.05, 0.1) is 12.4 Å². The number of sulfone groups is 1. The number of methoxy groups -OCH3 is 1. The molecule has 0 saturated carbocycles. The highest BCUT2D eigenvalue weighted by Gasteiger charge is 2.23. The first-order valence-electron chi connectivity index (χ1n) is 6.24. The van der Waals surface area contributed by atoms with Gasteiger partial charge in [-0.15, -0.1) is 0 Å². The van der Waals surface area contributed by atoms with Crippen molar-refractivity contribution in [1.82, 2.24) is 9.36 Å². The Labute approximate surface area is 127 Å². The molecular weight excluding hydrogens is 312 g/mol. The predicted octanol–water partition coefficient (Wildman–Crippen LogP) is 1.35. The summed E-state index contributed by atoms with van der Waals surface area (Å²) < 4.78 is 32.5. The van der Waals surface area contributed by atoms with E-state index in [1.54, 1.807) is 12.1 Å². The van der Waals surface area contributed by atoms with Gasteiger partial charge in [-0.25, -0.2) is 13.4 Å². The molecule has 2 rings (SSSR count). The maximum atomic E-state index is 12.0. The molecule has 0 amide bonds. The van der Waals surface area contributed by atoms with E-state index >= 15 is 0 Å². The monoisotopic (exact) mass is 328 g/mol. The number of aryl methyl sites for hydroxylation is 1. The smallest absolute Gasteiger partial charge is 0.229 e. The molecule has 0 aliphatic rings. The van der Waals surface area contributed by atoms with Gasteiger partial charge in [-0.3, -0.25) is 0 Å². The zero-order valence-corrected chi connectivity index (χ0v) is 13.3. The molecule has 114 valence electrons. The minimum Gasteiger partial charge on any atom is -0.384 e. The summed E-state index contributed by atoms with van der Waals surface area (Å²) in [5, 5.41) is 10.2. The van der Waals surface area contributed by atoms with E-state index in [-0.39, 0.29) is 22.5 Å². The second-order valence-electron chi connectivity index (χ2n) is 4.54. The predicted molar refractivity (Wildman–Crippen MR) is 79.1 cm³/mol. The molecule has 2 aromatic rings. The molecule has 0 aliphatic heterocycles. The summed E-state index contributed by atoms with van der Waals surface area (Å²) in [5.74, 6) is -0.0569. The van der Waals surface area contributed by atoms with Gasteiger partial charge in [-0.2, -0.15) is 4.37 Å². The fourth-order valence-corrected chi connectivity index (χ4v) is 3.69. The number of aromatic nitrogens is 2. The summed E-state index contributed by atoms with van der Waals surface area (Å²) in [6.07, 6.45) is -1.03. The van der Waals surface area contributed by atoms with Gasteiger partial charge in [0.25, 0.3) is 0 Å². The van der Waals surface area contributed by atoms with Crippen LogP contribution in [-0.4, -0.2) is 42.4 Å². The van der Waals surface area contributed by atoms with Crippen LogP contribution in [0.2, 0.25) is 0 Å². The quantitative estimate of drug-likeness (QED) is 0.861. The zero-order valence-electron chi connectivity index (χ0n) is 11.7. The van der Waals surface area contributed by atoms with Gasteiger partial charge in [-0.1, -0.05) is 29.8 Å². The van der Waals surface area contributed by atoms with Crippen LogP contribution in [0.5, 0.6) is 0 Å². The lowest BCUT2D eigenvalue weighted by Crippen LogP contribution is -2.11. The van der Waals surface area contributed by atoms with Gasteiger partial charge in [0.2, 0.25) is 14.2 Å². The van der Waals surface area contributed by atoms with Crippen molar-refractivity contribution >= 4 is 21.4 Å². The molecule has 0 saturated heterocycles. The lowest BCUT2D eigenvalue weighted by Gasteiger charge is -2.06. The van der Waals surface area contributed by atoms with Crippen molar-refractivity contribution in [1.29, 1.82) is 0 Å². The van der Waals surface area contributed by atoms with Gasteiger partial charge in [0.15, 0.2) is 5.82 Å². The fraction of sp³-hybridized carbons (Fsp3) is 0.385. The van der Waals surface area contributed by atoms with E-state index in [1.165, 1.54) is 7.11 Å². The fourth-order valence-electron chi connectivity index (χ4n) is 1.64. The lowest BCUT2D eigenvalue weighted by atomic mass is 10.1. The molecule has 21 heavy (non-hydrogen) atoms. The van der Waals surface area contributed by atoms with E-state index in [0.29, 0.717) is 5.56 Å². The van der Waals surface area contributed by atoms with Crippen molar-refractivity contribution in [3.8, 4) is 0 Å². The summed E-state index contributed by atoms with van der Waals surface area (Å²) in [6.45, 7) is 2.04. The zero-order chi connectivity index (χ0) is 15.5. The van der Waals surface area contributed by atoms with E-state index < -0.39 is 15.9 Å². The molecular formula is C13H16N2O4S2. The largest absolute Gasteiger partial charge is 0.384 e. The molecule has 1 atom stereocenters. The molecule has 1 unspecified atom stereocenters. The van der Waals surface area contributed by atoms with Crippen molar-refractivity contribution in [3.05, 3.63) is 41.2 Å². The van der Waals surface area contributed by atoms with Crippen molar-refractivity contribution < 1.29 is 18.3 Å². The first-order chi connectivity index (χ1) is 9.94. The molecule has 0 radical (unpaired) electrons. The van der Waals surface area contributed by atoms with Crippen LogP contribution in [0.3, 0.4) is 0 Å². The Bertz CT molecular complexity index is 695. The average Bonchev–Trinajstić information content (AvgIpc) is 2.96. The Balaban J connectivity index is 2.21. The van der Waals surface area contributed by atoms with Gasteiger partial charge in [0.1, 0.15) is 6.10 Å². The molecule has 0 aliphatic carbocycles. The molecule has 0 spiro atoms. The molecule has 0 bridgehead atoms. The Morgan fingerprint density at radius 1 is 1.33 bits per heavy atom. The third-order valence-electron chi connectivity index (χ3n) is 2.88. The molecule has 6 nitrogen and oxygen atoms in total. The van der Waals surface area contributed by atoms with Gasteiger partial charge < -0.3 is 9.84 Å². The lowest BCUT2D eigenvalue weighted by molar-refractivity contribution is 0.211. The van der Waals surface area contributed by atoms with Crippen molar-refractivity contribution in [3.63, 3.8) is 0 Å². The van der Waals surface area contributed by atoms with E-state index in [4.69, 9.17) is 4.74 Å². The number of hydrogen-bond acceptors (Lipinski definition) is 7. The number of nitrogens with zero attached hydrogens (tertiary/aromatic N) is 2. The van der Waals surface area contributed by atoms with E-state index in [0.717, 1.165) is 17.1 Å². The second kappa shape index (κ2) is 6.61. The second-order valence-corrected chi connectivity index (χ2v) is 7.58. The average molecular weight is 328 g/mol. The van der Waals surface area contributed by atoms with Crippen LogP contribution in [0, 0.1) is 6.92 Å². The first kappa shape index (κ1) is 16.0. The van der Waals surface area contributed by atoms with E-state index in [1.807, 2.05) is 19.1 Å². The van der Waals surface area contributed by atoms with Crippen LogP contribution in [0.1, 0.15) is 23.1 Å². The highest BCUT2D eigenvalue weighted by atomic mass is 32.2. The number of ether oxygens (including phenoxy) is 1. The number of rotatable bonds is 6. The maximum Gasteiger partial charge on any atom is 0.229 e. The molecule has 1 aromatic heterocycles. The maximum absolute atomic E-state index is 12.0. The van der Waals surface area contributed by atoms with Gasteiger partial charge in [-0.05, 0) is 24.0 Å². The standard InChI is InChI=1S/C13H16N2O4S2/c1-9-3-5-10(6-4-9)11(16)12-14-13(20-15-12)21(17,18)8-7-19-2/h3-6,11,16H,7-8H2,1-2H3. The molecule has 1 heterocycles. The molecule has 0 fully saturated rings. The van der Waals surface area contributed by atoms with Gasteiger partial charge >= 0.3 is 0 Å². The highest BCUT2D eigenvalue weighted by Crippen LogP contribution is 2.23. The van der Waals surface area contributed by atoms with Crippen LogP contribution in [-0.2, 0) is 14.6 Å². The molecule has 8 heteroatoms. The normalized spacial score (nSPS) is 13.3. The van der Waals surface area contributed by atoms with E-state index in [2.05, 4.69) is 9.36 Å². The van der Waals surface area contributed by atoms with Gasteiger partial charge in [0, 0.05) is 7.11 Å². The number of benzene rings is 1. The van der Waals surface area contributed by atoms with Crippen molar-refractivity contribution in [2.24, 2.45) is 0 Å². The van der Waals surface area contributed by atoms with Crippen LogP contribution in [0.4, 0.5) is 0 Å². The molecule has 1 N–H and O–H groups in total. The Kier molecular flexibility index (Phi) is 5.04. The third kappa shape index (κ3) is 3.85. The minimum atomic E-state index is -3.52. The Morgan fingerprint density at radius 2 is 2.00 bits per heavy atom.